The van der Waals surface area contributed by atoms with Crippen molar-refractivity contribution in [2.75, 3.05) is 11.9 Å². The Labute approximate surface area is 114 Å². The summed E-state index contributed by atoms with van der Waals surface area (Å²) in [7, 11) is 2.02. The average molecular weight is 263 g/mol. The summed E-state index contributed by atoms with van der Waals surface area (Å²) in [5, 5.41) is 0. The lowest BCUT2D eigenvalue weighted by Gasteiger charge is -2.34. The Kier molecular flexibility index (Phi) is 4.23. The molecule has 0 aromatic heterocycles. The van der Waals surface area contributed by atoms with E-state index >= 15 is 0 Å². The van der Waals surface area contributed by atoms with E-state index < -0.39 is 0 Å². The molecule has 2 rings (SSSR count). The van der Waals surface area contributed by atoms with E-state index in [2.05, 4.69) is 4.90 Å². The molecule has 0 saturated heterocycles. The van der Waals surface area contributed by atoms with E-state index in [1.54, 1.807) is 13.0 Å². The molecule has 1 aliphatic carbocycles. The lowest BCUT2D eigenvalue weighted by Crippen LogP contribution is -2.34. The molecule has 1 fully saturated rings. The van der Waals surface area contributed by atoms with Gasteiger partial charge in [0.2, 0.25) is 0 Å². The molecule has 19 heavy (non-hydrogen) atoms. The van der Waals surface area contributed by atoms with Gasteiger partial charge in [0.05, 0.1) is 0 Å². The van der Waals surface area contributed by atoms with Crippen LogP contribution in [-0.2, 0) is 0 Å². The van der Waals surface area contributed by atoms with Crippen LogP contribution in [0.3, 0.4) is 0 Å². The van der Waals surface area contributed by atoms with Crippen molar-refractivity contribution in [2.24, 2.45) is 0 Å². The Hall–Kier alpha value is -1.38. The number of carbonyl (C=O) groups excluding carboxylic acids is 1. The van der Waals surface area contributed by atoms with Crippen LogP contribution in [0.4, 0.5) is 10.1 Å². The first-order chi connectivity index (χ1) is 9.00. The zero-order valence-electron chi connectivity index (χ0n) is 12.0. The van der Waals surface area contributed by atoms with Crippen LogP contribution in [0, 0.1) is 12.7 Å². The van der Waals surface area contributed by atoms with E-state index in [-0.39, 0.29) is 11.6 Å². The molecule has 0 amide bonds. The number of Topliss-reactive ketones (excluding diaryl/α,β-unsaturated/α-hetero) is 1. The second-order valence-corrected chi connectivity index (χ2v) is 5.58. The van der Waals surface area contributed by atoms with Gasteiger partial charge in [-0.15, -0.1) is 0 Å². The SMILES string of the molecule is CC(=O)c1cc(F)c(C)cc1N(C)C1CCCCC1. The van der Waals surface area contributed by atoms with Gasteiger partial charge in [-0.3, -0.25) is 4.79 Å². The lowest BCUT2D eigenvalue weighted by atomic mass is 9.93. The first-order valence-corrected chi connectivity index (χ1v) is 7.04. The molecule has 0 bridgehead atoms. The van der Waals surface area contributed by atoms with Crippen LogP contribution in [0.5, 0.6) is 0 Å². The largest absolute Gasteiger partial charge is 0.371 e. The van der Waals surface area contributed by atoms with Gasteiger partial charge in [0, 0.05) is 24.3 Å². The molecular weight excluding hydrogens is 241 g/mol. The average Bonchev–Trinajstić information content (AvgIpc) is 2.41. The first kappa shape index (κ1) is 14.0. The third-order valence-corrected chi connectivity index (χ3v) is 4.16. The summed E-state index contributed by atoms with van der Waals surface area (Å²) in [6, 6.07) is 3.66. The van der Waals surface area contributed by atoms with Crippen LogP contribution in [-0.4, -0.2) is 18.9 Å². The summed E-state index contributed by atoms with van der Waals surface area (Å²) >= 11 is 0. The maximum Gasteiger partial charge on any atom is 0.161 e. The summed E-state index contributed by atoms with van der Waals surface area (Å²) in [4.78, 5) is 13.9. The fourth-order valence-corrected chi connectivity index (χ4v) is 2.91. The van der Waals surface area contributed by atoms with Gasteiger partial charge in [0.1, 0.15) is 5.82 Å². The number of benzene rings is 1. The molecule has 0 aliphatic heterocycles. The zero-order chi connectivity index (χ0) is 14.0. The van der Waals surface area contributed by atoms with E-state index in [1.807, 2.05) is 7.05 Å². The minimum absolute atomic E-state index is 0.0726. The fraction of sp³-hybridized carbons (Fsp3) is 0.562. The number of anilines is 1. The third-order valence-electron chi connectivity index (χ3n) is 4.16. The quantitative estimate of drug-likeness (QED) is 0.765. The highest BCUT2D eigenvalue weighted by Gasteiger charge is 2.22. The zero-order valence-corrected chi connectivity index (χ0v) is 12.0. The Morgan fingerprint density at radius 1 is 1.26 bits per heavy atom. The molecule has 1 aromatic rings. The van der Waals surface area contributed by atoms with Crippen LogP contribution in [0.2, 0.25) is 0 Å². The lowest BCUT2D eigenvalue weighted by molar-refractivity contribution is 0.101. The molecule has 104 valence electrons. The molecule has 0 radical (unpaired) electrons. The van der Waals surface area contributed by atoms with Gasteiger partial charge in [-0.05, 0) is 44.4 Å². The van der Waals surface area contributed by atoms with Crippen molar-refractivity contribution in [3.8, 4) is 0 Å². The Morgan fingerprint density at radius 3 is 2.47 bits per heavy atom. The molecule has 0 atom stereocenters. The minimum Gasteiger partial charge on any atom is -0.371 e. The molecular formula is C16H22FNO. The summed E-state index contributed by atoms with van der Waals surface area (Å²) < 4.78 is 13.7. The molecule has 1 saturated carbocycles. The van der Waals surface area contributed by atoms with Crippen molar-refractivity contribution >= 4 is 11.5 Å². The van der Waals surface area contributed by atoms with Gasteiger partial charge in [-0.25, -0.2) is 4.39 Å². The number of aryl methyl sites for hydroxylation is 1. The molecule has 1 aliphatic rings. The van der Waals surface area contributed by atoms with Gasteiger partial charge < -0.3 is 4.90 Å². The van der Waals surface area contributed by atoms with Crippen molar-refractivity contribution in [3.63, 3.8) is 0 Å². The van der Waals surface area contributed by atoms with E-state index in [0.717, 1.165) is 18.5 Å². The third kappa shape index (κ3) is 2.96. The fourth-order valence-electron chi connectivity index (χ4n) is 2.91. The molecule has 2 nitrogen and oxygen atoms in total. The Balaban J connectivity index is 2.36. The van der Waals surface area contributed by atoms with Gasteiger partial charge in [0.15, 0.2) is 5.78 Å². The first-order valence-electron chi connectivity index (χ1n) is 7.04. The van der Waals surface area contributed by atoms with Crippen molar-refractivity contribution in [1.29, 1.82) is 0 Å². The van der Waals surface area contributed by atoms with E-state index in [4.69, 9.17) is 0 Å². The smallest absolute Gasteiger partial charge is 0.161 e. The van der Waals surface area contributed by atoms with Crippen LogP contribution in [0.1, 0.15) is 54.9 Å². The number of nitrogens with zero attached hydrogens (tertiary/aromatic N) is 1. The van der Waals surface area contributed by atoms with E-state index in [9.17, 15) is 9.18 Å². The second-order valence-electron chi connectivity index (χ2n) is 5.58. The molecule has 3 heteroatoms. The summed E-state index contributed by atoms with van der Waals surface area (Å²) in [6.07, 6.45) is 6.09. The maximum atomic E-state index is 13.7. The van der Waals surface area contributed by atoms with E-state index in [1.165, 1.54) is 32.3 Å². The molecule has 1 aromatic carbocycles. The normalized spacial score (nSPS) is 16.4. The van der Waals surface area contributed by atoms with Crippen LogP contribution >= 0.6 is 0 Å². The monoisotopic (exact) mass is 263 g/mol. The minimum atomic E-state index is -0.300. The predicted octanol–water partition coefficient (Wildman–Crippen LogP) is 4.11. The Morgan fingerprint density at radius 2 is 1.89 bits per heavy atom. The van der Waals surface area contributed by atoms with Crippen molar-refractivity contribution < 1.29 is 9.18 Å². The second kappa shape index (κ2) is 5.72. The molecule has 0 heterocycles. The summed E-state index contributed by atoms with van der Waals surface area (Å²) in [5.41, 5.74) is 1.97. The number of hydrogen-bond acceptors (Lipinski definition) is 2. The maximum absolute atomic E-state index is 13.7. The molecule has 0 unspecified atom stereocenters. The summed E-state index contributed by atoms with van der Waals surface area (Å²) in [6.45, 7) is 3.25. The topological polar surface area (TPSA) is 20.3 Å². The predicted molar refractivity (Wildman–Crippen MR) is 76.4 cm³/mol. The van der Waals surface area contributed by atoms with E-state index in [0.29, 0.717) is 17.2 Å². The molecule has 0 N–H and O–H groups in total. The van der Waals surface area contributed by atoms with Crippen molar-refractivity contribution in [1.82, 2.24) is 0 Å². The number of hydrogen-bond donors (Lipinski definition) is 0. The number of rotatable bonds is 3. The highest BCUT2D eigenvalue weighted by molar-refractivity contribution is 6.00. The highest BCUT2D eigenvalue weighted by Crippen LogP contribution is 2.30. The van der Waals surface area contributed by atoms with Crippen LogP contribution in [0.15, 0.2) is 12.1 Å². The van der Waals surface area contributed by atoms with Crippen molar-refractivity contribution in [3.05, 3.63) is 29.1 Å². The number of halogens is 1. The standard InChI is InChI=1S/C16H22FNO/c1-11-9-16(14(12(2)19)10-15(11)17)18(3)13-7-5-4-6-8-13/h9-10,13H,4-8H2,1-3H3. The van der Waals surface area contributed by atoms with Gasteiger partial charge >= 0.3 is 0 Å². The Bertz CT molecular complexity index is 478. The molecule has 0 spiro atoms. The number of carbonyl (C=O) groups is 1. The highest BCUT2D eigenvalue weighted by atomic mass is 19.1. The number of ketones is 1. The van der Waals surface area contributed by atoms with Gasteiger partial charge in [-0.1, -0.05) is 19.3 Å². The van der Waals surface area contributed by atoms with Crippen LogP contribution < -0.4 is 4.90 Å². The van der Waals surface area contributed by atoms with Crippen LogP contribution in [0.25, 0.3) is 0 Å². The summed E-state index contributed by atoms with van der Waals surface area (Å²) in [5.74, 6) is -0.373. The van der Waals surface area contributed by atoms with Crippen molar-refractivity contribution in [2.45, 2.75) is 52.0 Å². The van der Waals surface area contributed by atoms with Gasteiger partial charge in [-0.2, -0.15) is 0 Å². The van der Waals surface area contributed by atoms with Gasteiger partial charge in [0.25, 0.3) is 0 Å².